The third-order valence-corrected chi connectivity index (χ3v) is 3.24. The van der Waals surface area contributed by atoms with Crippen LogP contribution in [0.3, 0.4) is 0 Å². The van der Waals surface area contributed by atoms with Crippen molar-refractivity contribution in [1.82, 2.24) is 25.5 Å². The lowest BCUT2D eigenvalue weighted by atomic mass is 10.0. The van der Waals surface area contributed by atoms with Gasteiger partial charge in [-0.1, -0.05) is 0 Å². The van der Waals surface area contributed by atoms with Gasteiger partial charge >= 0.3 is 0 Å². The molecule has 0 saturated heterocycles. The zero-order valence-corrected chi connectivity index (χ0v) is 12.0. The summed E-state index contributed by atoms with van der Waals surface area (Å²) in [6.45, 7) is 5.59. The first-order valence-electron chi connectivity index (χ1n) is 6.28. The van der Waals surface area contributed by atoms with Gasteiger partial charge in [0.15, 0.2) is 0 Å². The highest BCUT2D eigenvalue weighted by atomic mass is 16.2. The minimum absolute atomic E-state index is 0.0884. The van der Waals surface area contributed by atoms with E-state index in [1.807, 2.05) is 39.0 Å². The number of hydrogen-bond acceptors (Lipinski definition) is 5. The second-order valence-electron chi connectivity index (χ2n) is 5.08. The van der Waals surface area contributed by atoms with Crippen LogP contribution < -0.4 is 10.6 Å². The number of anilines is 1. The van der Waals surface area contributed by atoms with Crippen molar-refractivity contribution in [2.24, 2.45) is 0 Å². The first kappa shape index (κ1) is 14.1. The Bertz CT molecular complexity index is 605. The summed E-state index contributed by atoms with van der Waals surface area (Å²) in [5.74, 6) is -0.0884. The molecule has 1 aromatic carbocycles. The minimum atomic E-state index is -0.623. The maximum absolute atomic E-state index is 12.1. The minimum Gasteiger partial charge on any atom is -0.324 e. The van der Waals surface area contributed by atoms with Gasteiger partial charge in [-0.2, -0.15) is 0 Å². The predicted octanol–water partition coefficient (Wildman–Crippen LogP) is 0.907. The van der Waals surface area contributed by atoms with Gasteiger partial charge in [0.05, 0.1) is 11.2 Å². The van der Waals surface area contributed by atoms with Gasteiger partial charge in [0.2, 0.25) is 5.91 Å². The summed E-state index contributed by atoms with van der Waals surface area (Å²) < 4.78 is 1.58. The molecule has 0 radical (unpaired) electrons. The SMILES string of the molecule is CNC(C)(C)C(=O)Nc1ccc(-n2cnnn2)c(C)c1. The Balaban J connectivity index is 2.20. The van der Waals surface area contributed by atoms with Crippen LogP contribution in [0.25, 0.3) is 5.69 Å². The summed E-state index contributed by atoms with van der Waals surface area (Å²) in [7, 11) is 1.76. The summed E-state index contributed by atoms with van der Waals surface area (Å²) >= 11 is 0. The molecule has 0 atom stereocenters. The monoisotopic (exact) mass is 274 g/mol. The van der Waals surface area contributed by atoms with Gasteiger partial charge in [0.25, 0.3) is 0 Å². The van der Waals surface area contributed by atoms with Crippen molar-refractivity contribution in [2.75, 3.05) is 12.4 Å². The van der Waals surface area contributed by atoms with Crippen molar-refractivity contribution < 1.29 is 4.79 Å². The molecule has 0 aliphatic carbocycles. The predicted molar refractivity (Wildman–Crippen MR) is 75.7 cm³/mol. The Kier molecular flexibility index (Phi) is 3.80. The van der Waals surface area contributed by atoms with E-state index in [1.54, 1.807) is 11.7 Å². The number of aromatic nitrogens is 4. The number of tetrazole rings is 1. The normalized spacial score (nSPS) is 11.4. The topological polar surface area (TPSA) is 84.7 Å². The van der Waals surface area contributed by atoms with Crippen LogP contribution in [0, 0.1) is 6.92 Å². The molecule has 7 heteroatoms. The van der Waals surface area contributed by atoms with E-state index in [0.29, 0.717) is 0 Å². The number of nitrogens with one attached hydrogen (secondary N) is 2. The molecule has 20 heavy (non-hydrogen) atoms. The third kappa shape index (κ3) is 2.83. The molecule has 1 heterocycles. The molecule has 0 fully saturated rings. The summed E-state index contributed by atoms with van der Waals surface area (Å²) in [6, 6.07) is 5.59. The fraction of sp³-hybridized carbons (Fsp3) is 0.385. The highest BCUT2D eigenvalue weighted by Crippen LogP contribution is 2.18. The number of hydrogen-bond donors (Lipinski definition) is 2. The van der Waals surface area contributed by atoms with E-state index in [0.717, 1.165) is 16.9 Å². The van der Waals surface area contributed by atoms with Gasteiger partial charge < -0.3 is 10.6 Å². The molecular formula is C13H18N6O. The number of aryl methyl sites for hydroxylation is 1. The third-order valence-electron chi connectivity index (χ3n) is 3.24. The summed E-state index contributed by atoms with van der Waals surface area (Å²) in [5.41, 5.74) is 1.97. The maximum atomic E-state index is 12.1. The van der Waals surface area contributed by atoms with Crippen molar-refractivity contribution in [3.8, 4) is 5.69 Å². The molecule has 2 rings (SSSR count). The molecule has 0 aliphatic rings. The Morgan fingerprint density at radius 2 is 2.10 bits per heavy atom. The molecular weight excluding hydrogens is 256 g/mol. The number of carbonyl (C=O) groups excluding carboxylic acids is 1. The van der Waals surface area contributed by atoms with E-state index in [-0.39, 0.29) is 5.91 Å². The average Bonchev–Trinajstić information content (AvgIpc) is 2.92. The lowest BCUT2D eigenvalue weighted by Crippen LogP contribution is -2.47. The average molecular weight is 274 g/mol. The zero-order chi connectivity index (χ0) is 14.8. The van der Waals surface area contributed by atoms with Crippen LogP contribution in [0.4, 0.5) is 5.69 Å². The molecule has 1 aromatic heterocycles. The van der Waals surface area contributed by atoms with Crippen LogP contribution in [0.5, 0.6) is 0 Å². The molecule has 1 amide bonds. The fourth-order valence-corrected chi connectivity index (χ4v) is 1.66. The van der Waals surface area contributed by atoms with Gasteiger partial charge in [-0.3, -0.25) is 4.79 Å². The first-order valence-corrected chi connectivity index (χ1v) is 6.28. The standard InChI is InChI=1S/C13H18N6O/c1-9-7-10(16-12(20)13(2,3)14-4)5-6-11(9)19-8-15-17-18-19/h5-8,14H,1-4H3,(H,16,20). The molecule has 2 aromatic rings. The van der Waals surface area contributed by atoms with Crippen LogP contribution in [-0.2, 0) is 4.79 Å². The van der Waals surface area contributed by atoms with Gasteiger partial charge in [0, 0.05) is 5.69 Å². The molecule has 7 nitrogen and oxygen atoms in total. The lowest BCUT2D eigenvalue weighted by Gasteiger charge is -2.23. The van der Waals surface area contributed by atoms with Crippen LogP contribution in [0.15, 0.2) is 24.5 Å². The Labute approximate surface area is 117 Å². The Morgan fingerprint density at radius 1 is 1.35 bits per heavy atom. The Morgan fingerprint density at radius 3 is 2.65 bits per heavy atom. The smallest absolute Gasteiger partial charge is 0.244 e. The molecule has 0 saturated carbocycles. The number of carbonyl (C=O) groups is 1. The van der Waals surface area contributed by atoms with Crippen molar-refractivity contribution in [1.29, 1.82) is 0 Å². The number of amides is 1. The van der Waals surface area contributed by atoms with E-state index >= 15 is 0 Å². The summed E-state index contributed by atoms with van der Waals surface area (Å²) in [5, 5.41) is 16.9. The highest BCUT2D eigenvalue weighted by molar-refractivity contribution is 5.97. The van der Waals surface area contributed by atoms with Crippen LogP contribution in [0.1, 0.15) is 19.4 Å². The molecule has 0 spiro atoms. The van der Waals surface area contributed by atoms with E-state index in [1.165, 1.54) is 6.33 Å². The molecule has 0 aliphatic heterocycles. The molecule has 0 unspecified atom stereocenters. The van der Waals surface area contributed by atoms with Crippen LogP contribution in [-0.4, -0.2) is 38.7 Å². The summed E-state index contributed by atoms with van der Waals surface area (Å²) in [6.07, 6.45) is 1.53. The number of nitrogens with zero attached hydrogens (tertiary/aromatic N) is 4. The first-order chi connectivity index (χ1) is 9.44. The van der Waals surface area contributed by atoms with Gasteiger partial charge in [-0.05, 0) is 62.0 Å². The molecule has 106 valence electrons. The van der Waals surface area contributed by atoms with Crippen molar-refractivity contribution in [2.45, 2.75) is 26.3 Å². The summed E-state index contributed by atoms with van der Waals surface area (Å²) in [4.78, 5) is 12.1. The van der Waals surface area contributed by atoms with Gasteiger partial charge in [0.1, 0.15) is 6.33 Å². The van der Waals surface area contributed by atoms with E-state index in [2.05, 4.69) is 26.2 Å². The van der Waals surface area contributed by atoms with Crippen molar-refractivity contribution in [3.63, 3.8) is 0 Å². The van der Waals surface area contributed by atoms with Crippen molar-refractivity contribution >= 4 is 11.6 Å². The van der Waals surface area contributed by atoms with E-state index in [4.69, 9.17) is 0 Å². The zero-order valence-electron chi connectivity index (χ0n) is 12.0. The second-order valence-corrected chi connectivity index (χ2v) is 5.08. The van der Waals surface area contributed by atoms with Crippen LogP contribution >= 0.6 is 0 Å². The molecule has 2 N–H and O–H groups in total. The number of rotatable bonds is 4. The number of likely N-dealkylation sites (N-methyl/N-ethyl adjacent to an activating group) is 1. The largest absolute Gasteiger partial charge is 0.324 e. The van der Waals surface area contributed by atoms with Crippen molar-refractivity contribution in [3.05, 3.63) is 30.1 Å². The maximum Gasteiger partial charge on any atom is 0.244 e. The fourth-order valence-electron chi connectivity index (χ4n) is 1.66. The quantitative estimate of drug-likeness (QED) is 0.865. The number of benzene rings is 1. The second kappa shape index (κ2) is 5.38. The Hall–Kier alpha value is -2.28. The van der Waals surface area contributed by atoms with Gasteiger partial charge in [-0.15, -0.1) is 5.10 Å². The highest BCUT2D eigenvalue weighted by Gasteiger charge is 2.25. The lowest BCUT2D eigenvalue weighted by molar-refractivity contribution is -0.121. The van der Waals surface area contributed by atoms with Gasteiger partial charge in [-0.25, -0.2) is 4.68 Å². The van der Waals surface area contributed by atoms with Crippen LogP contribution in [0.2, 0.25) is 0 Å². The van der Waals surface area contributed by atoms with E-state index in [9.17, 15) is 4.79 Å². The molecule has 0 bridgehead atoms. The van der Waals surface area contributed by atoms with E-state index < -0.39 is 5.54 Å².